The van der Waals surface area contributed by atoms with Crippen molar-refractivity contribution in [1.29, 1.82) is 0 Å². The molecule has 3 aromatic rings. The summed E-state index contributed by atoms with van der Waals surface area (Å²) < 4.78 is 7.18. The maximum atomic E-state index is 11.8. The van der Waals surface area contributed by atoms with Gasteiger partial charge in [-0.1, -0.05) is 48.9 Å². The molecule has 2 aromatic carbocycles. The second-order valence-electron chi connectivity index (χ2n) is 5.43. The second-order valence-corrected chi connectivity index (χ2v) is 7.05. The predicted molar refractivity (Wildman–Crippen MR) is 100 cm³/mol. The third kappa shape index (κ3) is 4.18. The summed E-state index contributed by atoms with van der Waals surface area (Å²) in [6.45, 7) is 2.04. The van der Waals surface area contributed by atoms with Crippen LogP contribution in [0.1, 0.15) is 18.9 Å². The van der Waals surface area contributed by atoms with Gasteiger partial charge in [0.1, 0.15) is 10.9 Å². The van der Waals surface area contributed by atoms with Crippen LogP contribution >= 0.6 is 23.1 Å². The highest BCUT2D eigenvalue weighted by molar-refractivity contribution is 7.11. The van der Waals surface area contributed by atoms with E-state index in [2.05, 4.69) is 0 Å². The van der Waals surface area contributed by atoms with Gasteiger partial charge in [-0.15, -0.1) is 0 Å². The van der Waals surface area contributed by atoms with Crippen LogP contribution in [0, 0.1) is 0 Å². The first-order valence-electron chi connectivity index (χ1n) is 7.81. The van der Waals surface area contributed by atoms with Gasteiger partial charge in [0.25, 0.3) is 5.56 Å². The third-order valence-electron chi connectivity index (χ3n) is 3.67. The Morgan fingerprint density at radius 3 is 2.52 bits per heavy atom. The summed E-state index contributed by atoms with van der Waals surface area (Å²) in [7, 11) is 0. The van der Waals surface area contributed by atoms with E-state index in [1.54, 1.807) is 10.9 Å². The largest absolute Gasteiger partial charge is 0.461 e. The number of esters is 1. The zero-order valence-electron chi connectivity index (χ0n) is 13.6. The number of ether oxygens (including phenoxy) is 1. The van der Waals surface area contributed by atoms with Gasteiger partial charge in [0.15, 0.2) is 0 Å². The Kier molecular flexibility index (Phi) is 5.36. The van der Waals surface area contributed by atoms with Crippen LogP contribution in [0.3, 0.4) is 0 Å². The summed E-state index contributed by atoms with van der Waals surface area (Å²) >= 11 is 7.09. The average Bonchev–Trinajstić information content (AvgIpc) is 2.98. The lowest BCUT2D eigenvalue weighted by Gasteiger charge is -2.08. The zero-order valence-corrected chi connectivity index (χ0v) is 15.1. The van der Waals surface area contributed by atoms with E-state index in [9.17, 15) is 9.59 Å². The summed E-state index contributed by atoms with van der Waals surface area (Å²) in [5.74, 6) is -0.213. The number of rotatable bonds is 5. The summed E-state index contributed by atoms with van der Waals surface area (Å²) in [5, 5.41) is 0. The topological polar surface area (TPSA) is 48.3 Å². The number of carbonyl (C=O) groups is 1. The van der Waals surface area contributed by atoms with E-state index in [1.165, 1.54) is 17.6 Å². The molecular formula is C19H16ClNO3S. The first-order chi connectivity index (χ1) is 12.1. The fraction of sp³-hybridized carbons (Fsp3) is 0.158. The lowest BCUT2D eigenvalue weighted by molar-refractivity contribution is -0.144. The number of hydrogen-bond donors (Lipinski definition) is 0. The van der Waals surface area contributed by atoms with Crippen LogP contribution < -0.4 is 5.56 Å². The monoisotopic (exact) mass is 373 g/mol. The predicted octanol–water partition coefficient (Wildman–Crippen LogP) is 4.67. The molecule has 0 saturated heterocycles. The molecule has 25 heavy (non-hydrogen) atoms. The van der Waals surface area contributed by atoms with Crippen molar-refractivity contribution in [2.45, 2.75) is 20.0 Å². The first kappa shape index (κ1) is 17.5. The van der Waals surface area contributed by atoms with E-state index < -0.39 is 0 Å². The molecule has 6 heteroatoms. The molecule has 0 radical (unpaired) electrons. The molecule has 0 N–H and O–H groups in total. The van der Waals surface area contributed by atoms with Crippen molar-refractivity contribution in [2.75, 3.05) is 0 Å². The van der Waals surface area contributed by atoms with Gasteiger partial charge in [-0.3, -0.25) is 9.59 Å². The van der Waals surface area contributed by atoms with Gasteiger partial charge < -0.3 is 4.74 Å². The molecule has 0 atom stereocenters. The average molecular weight is 374 g/mol. The Balaban J connectivity index is 1.81. The fourth-order valence-corrected chi connectivity index (χ4v) is 3.39. The van der Waals surface area contributed by atoms with Crippen LogP contribution in [0.4, 0.5) is 0 Å². The van der Waals surface area contributed by atoms with Crippen molar-refractivity contribution in [2.24, 2.45) is 0 Å². The Bertz CT molecular complexity index is 944. The number of nitrogens with zero attached hydrogens (tertiary/aromatic N) is 1. The van der Waals surface area contributed by atoms with E-state index in [4.69, 9.17) is 16.3 Å². The maximum Gasteiger partial charge on any atom is 0.305 e. The number of halogens is 1. The number of aromatic nitrogens is 1. The molecule has 128 valence electrons. The maximum absolute atomic E-state index is 11.8. The molecule has 0 spiro atoms. The molecule has 1 aromatic heterocycles. The van der Waals surface area contributed by atoms with Crippen LogP contribution in [0.5, 0.6) is 0 Å². The van der Waals surface area contributed by atoms with Crippen molar-refractivity contribution in [3.8, 4) is 16.8 Å². The van der Waals surface area contributed by atoms with E-state index >= 15 is 0 Å². The van der Waals surface area contributed by atoms with Crippen molar-refractivity contribution < 1.29 is 9.53 Å². The molecule has 0 aliphatic carbocycles. The zero-order chi connectivity index (χ0) is 17.8. The standard InChI is InChI=1S/C19H16ClNO3S/c1-2-19(23)24-12-13-4-3-5-15(10-13)14-6-8-16(9-7-14)21-18(22)11-17(20)25-21/h3-11H,2,12H2,1H3. The van der Waals surface area contributed by atoms with Crippen LogP contribution in [0.25, 0.3) is 16.8 Å². The Labute approximate surface area is 154 Å². The van der Waals surface area contributed by atoms with E-state index in [0.717, 1.165) is 22.4 Å². The second kappa shape index (κ2) is 7.68. The number of hydrogen-bond acceptors (Lipinski definition) is 4. The van der Waals surface area contributed by atoms with Gasteiger partial charge in [-0.05, 0) is 46.4 Å². The quantitative estimate of drug-likeness (QED) is 0.610. The normalized spacial score (nSPS) is 10.6. The fourth-order valence-electron chi connectivity index (χ4n) is 2.39. The lowest BCUT2D eigenvalue weighted by atomic mass is 10.0. The molecule has 1 heterocycles. The molecule has 0 fully saturated rings. The van der Waals surface area contributed by atoms with Gasteiger partial charge in [0.05, 0.1) is 5.69 Å². The van der Waals surface area contributed by atoms with Crippen molar-refractivity contribution >= 4 is 29.1 Å². The van der Waals surface area contributed by atoms with Gasteiger partial charge in [-0.25, -0.2) is 3.96 Å². The SMILES string of the molecule is CCC(=O)OCc1cccc(-c2ccc(-n3sc(Cl)cc3=O)cc2)c1. The molecule has 3 rings (SSSR count). The minimum absolute atomic E-state index is 0.137. The van der Waals surface area contributed by atoms with E-state index in [1.807, 2.05) is 48.5 Å². The summed E-state index contributed by atoms with van der Waals surface area (Å²) in [4.78, 5) is 23.1. The number of carbonyl (C=O) groups excluding carboxylic acids is 1. The molecule has 0 unspecified atom stereocenters. The first-order valence-corrected chi connectivity index (χ1v) is 8.96. The third-order valence-corrected chi connectivity index (χ3v) is 4.85. The van der Waals surface area contributed by atoms with Crippen molar-refractivity contribution in [3.63, 3.8) is 0 Å². The highest BCUT2D eigenvalue weighted by Crippen LogP contribution is 2.24. The molecule has 0 aliphatic heterocycles. The molecule has 0 amide bonds. The Morgan fingerprint density at radius 2 is 1.88 bits per heavy atom. The summed E-state index contributed by atoms with van der Waals surface area (Å²) in [6, 6.07) is 16.9. The van der Waals surface area contributed by atoms with Gasteiger partial charge in [0.2, 0.25) is 0 Å². The van der Waals surface area contributed by atoms with Crippen LogP contribution in [-0.2, 0) is 16.1 Å². The smallest absolute Gasteiger partial charge is 0.305 e. The minimum Gasteiger partial charge on any atom is -0.461 e. The van der Waals surface area contributed by atoms with Crippen LogP contribution in [-0.4, -0.2) is 9.93 Å². The van der Waals surface area contributed by atoms with Crippen molar-refractivity contribution in [1.82, 2.24) is 3.96 Å². The van der Waals surface area contributed by atoms with E-state index in [-0.39, 0.29) is 18.1 Å². The molecule has 0 bridgehead atoms. The molecule has 4 nitrogen and oxygen atoms in total. The van der Waals surface area contributed by atoms with Gasteiger partial charge >= 0.3 is 5.97 Å². The number of benzene rings is 2. The Hall–Kier alpha value is -2.37. The summed E-state index contributed by atoms with van der Waals surface area (Å²) in [6.07, 6.45) is 0.368. The molecule has 0 saturated carbocycles. The highest BCUT2D eigenvalue weighted by atomic mass is 35.5. The summed E-state index contributed by atoms with van der Waals surface area (Å²) in [5.41, 5.74) is 3.61. The minimum atomic E-state index is -0.213. The molecular weight excluding hydrogens is 358 g/mol. The van der Waals surface area contributed by atoms with Crippen molar-refractivity contribution in [3.05, 3.63) is 74.9 Å². The Morgan fingerprint density at radius 1 is 1.12 bits per heavy atom. The van der Waals surface area contributed by atoms with E-state index in [0.29, 0.717) is 10.8 Å². The molecule has 0 aliphatic rings. The van der Waals surface area contributed by atoms with Crippen LogP contribution in [0.15, 0.2) is 59.4 Å². The van der Waals surface area contributed by atoms with Gasteiger partial charge in [-0.2, -0.15) is 0 Å². The highest BCUT2D eigenvalue weighted by Gasteiger charge is 2.06. The lowest BCUT2D eigenvalue weighted by Crippen LogP contribution is -2.08. The van der Waals surface area contributed by atoms with Gasteiger partial charge in [0, 0.05) is 12.5 Å². The van der Waals surface area contributed by atoms with Crippen LogP contribution in [0.2, 0.25) is 4.34 Å².